The lowest BCUT2D eigenvalue weighted by Crippen LogP contribution is -2.41. The number of aliphatic imine (C=N–C) groups is 1. The van der Waals surface area contributed by atoms with Gasteiger partial charge in [0.15, 0.2) is 5.96 Å². The van der Waals surface area contributed by atoms with Gasteiger partial charge in [0.05, 0.1) is 0 Å². The van der Waals surface area contributed by atoms with Gasteiger partial charge in [-0.2, -0.15) is 0 Å². The van der Waals surface area contributed by atoms with Gasteiger partial charge in [-0.1, -0.05) is 39.0 Å². The highest BCUT2D eigenvalue weighted by molar-refractivity contribution is 14.0. The van der Waals surface area contributed by atoms with Gasteiger partial charge in [-0.25, -0.2) is 0 Å². The minimum Gasteiger partial charge on any atom is -0.356 e. The summed E-state index contributed by atoms with van der Waals surface area (Å²) in [6, 6.07) is 8.01. The third-order valence-corrected chi connectivity index (χ3v) is 4.24. The van der Waals surface area contributed by atoms with Crippen LogP contribution in [-0.2, 0) is 4.79 Å². The molecule has 1 atom stereocenters. The van der Waals surface area contributed by atoms with E-state index in [0.717, 1.165) is 24.6 Å². The molecule has 0 aliphatic carbocycles. The van der Waals surface area contributed by atoms with Gasteiger partial charge in [0.25, 0.3) is 0 Å². The molecule has 0 fully saturated rings. The summed E-state index contributed by atoms with van der Waals surface area (Å²) < 4.78 is 0. The van der Waals surface area contributed by atoms with Gasteiger partial charge < -0.3 is 16.0 Å². The van der Waals surface area contributed by atoms with Crippen molar-refractivity contribution in [2.45, 2.75) is 46.0 Å². The van der Waals surface area contributed by atoms with Crippen LogP contribution >= 0.6 is 24.0 Å². The summed E-state index contributed by atoms with van der Waals surface area (Å²) in [4.78, 5) is 16.1. The number of guanidine groups is 1. The average Bonchev–Trinajstić information content (AvgIpc) is 2.52. The van der Waals surface area contributed by atoms with Crippen LogP contribution in [0.5, 0.6) is 0 Å². The topological polar surface area (TPSA) is 65.5 Å². The molecule has 1 aliphatic heterocycles. The van der Waals surface area contributed by atoms with E-state index in [0.29, 0.717) is 18.4 Å². The van der Waals surface area contributed by atoms with Crippen molar-refractivity contribution in [3.05, 3.63) is 29.8 Å². The van der Waals surface area contributed by atoms with Crippen LogP contribution in [0.1, 0.15) is 51.5 Å². The molecule has 0 aromatic heterocycles. The molecule has 0 bridgehead atoms. The zero-order chi connectivity index (χ0) is 17.6. The summed E-state index contributed by atoms with van der Waals surface area (Å²) in [6.07, 6.45) is 2.79. The van der Waals surface area contributed by atoms with Crippen molar-refractivity contribution in [1.82, 2.24) is 10.6 Å². The van der Waals surface area contributed by atoms with Crippen LogP contribution in [0.3, 0.4) is 0 Å². The van der Waals surface area contributed by atoms with E-state index in [4.69, 9.17) is 0 Å². The van der Waals surface area contributed by atoms with E-state index >= 15 is 0 Å². The summed E-state index contributed by atoms with van der Waals surface area (Å²) in [5, 5.41) is 9.65. The first-order valence-corrected chi connectivity index (χ1v) is 8.72. The van der Waals surface area contributed by atoms with E-state index in [-0.39, 0.29) is 35.8 Å². The molecule has 2 rings (SSSR count). The van der Waals surface area contributed by atoms with Gasteiger partial charge in [-0.3, -0.25) is 9.79 Å². The summed E-state index contributed by atoms with van der Waals surface area (Å²) in [6.45, 7) is 8.37. The summed E-state index contributed by atoms with van der Waals surface area (Å²) >= 11 is 0. The minimum atomic E-state index is 0. The maximum absolute atomic E-state index is 11.9. The molecule has 0 radical (unpaired) electrons. The van der Waals surface area contributed by atoms with Gasteiger partial charge in [0.1, 0.15) is 0 Å². The molecular weight excluding hydrogens is 427 g/mol. The van der Waals surface area contributed by atoms with Crippen molar-refractivity contribution in [1.29, 1.82) is 0 Å². The monoisotopic (exact) mass is 458 g/mol. The molecule has 3 N–H and O–H groups in total. The molecule has 1 aromatic carbocycles. The van der Waals surface area contributed by atoms with Crippen molar-refractivity contribution in [3.8, 4) is 0 Å². The Hall–Kier alpha value is -1.31. The number of fused-ring (bicyclic) bond motifs is 1. The fourth-order valence-corrected chi connectivity index (χ4v) is 2.95. The Morgan fingerprint density at radius 1 is 1.28 bits per heavy atom. The van der Waals surface area contributed by atoms with Crippen LogP contribution in [0.2, 0.25) is 0 Å². The number of hydrogen-bond acceptors (Lipinski definition) is 2. The number of para-hydroxylation sites is 1. The van der Waals surface area contributed by atoms with E-state index in [1.54, 1.807) is 7.05 Å². The van der Waals surface area contributed by atoms with E-state index in [2.05, 4.69) is 47.8 Å². The molecule has 1 aromatic rings. The predicted molar refractivity (Wildman–Crippen MR) is 116 cm³/mol. The lowest BCUT2D eigenvalue weighted by atomic mass is 9.90. The fourth-order valence-electron chi connectivity index (χ4n) is 2.95. The molecule has 0 spiro atoms. The molecule has 25 heavy (non-hydrogen) atoms. The number of carbonyl (C=O) groups is 1. The van der Waals surface area contributed by atoms with E-state index in [1.165, 1.54) is 12.0 Å². The molecule has 1 aliphatic rings. The molecule has 0 saturated carbocycles. The second-order valence-corrected chi connectivity index (χ2v) is 7.58. The first-order valence-electron chi connectivity index (χ1n) is 8.72. The van der Waals surface area contributed by atoms with Gasteiger partial charge >= 0.3 is 0 Å². The first kappa shape index (κ1) is 21.7. The molecular formula is C19H31IN4O. The second-order valence-electron chi connectivity index (χ2n) is 7.58. The number of benzene rings is 1. The zero-order valence-electron chi connectivity index (χ0n) is 15.7. The largest absolute Gasteiger partial charge is 0.356 e. The van der Waals surface area contributed by atoms with Gasteiger partial charge in [0, 0.05) is 38.2 Å². The van der Waals surface area contributed by atoms with Crippen molar-refractivity contribution in [2.75, 3.05) is 25.5 Å². The summed E-state index contributed by atoms with van der Waals surface area (Å²) in [5.74, 6) is 1.05. The zero-order valence-corrected chi connectivity index (χ0v) is 18.0. The Kier molecular flexibility index (Phi) is 8.68. The molecule has 1 unspecified atom stereocenters. The maximum Gasteiger partial charge on any atom is 0.225 e. The Balaban J connectivity index is 0.00000312. The average molecular weight is 458 g/mol. The first-order chi connectivity index (χ1) is 11.4. The molecule has 140 valence electrons. The minimum absolute atomic E-state index is 0. The van der Waals surface area contributed by atoms with Crippen LogP contribution in [-0.4, -0.2) is 32.0 Å². The van der Waals surface area contributed by atoms with Crippen LogP contribution < -0.4 is 16.0 Å². The molecule has 1 heterocycles. The maximum atomic E-state index is 11.9. The van der Waals surface area contributed by atoms with Crippen LogP contribution in [0.4, 0.5) is 5.69 Å². The van der Waals surface area contributed by atoms with Crippen LogP contribution in [0.25, 0.3) is 0 Å². The highest BCUT2D eigenvalue weighted by atomic mass is 127. The van der Waals surface area contributed by atoms with E-state index in [9.17, 15) is 4.79 Å². The number of hydrogen-bond donors (Lipinski definition) is 3. The highest BCUT2D eigenvalue weighted by Gasteiger charge is 2.24. The molecule has 6 heteroatoms. The highest BCUT2D eigenvalue weighted by Crippen LogP contribution is 2.31. The van der Waals surface area contributed by atoms with Gasteiger partial charge in [0.2, 0.25) is 5.91 Å². The Labute approximate surface area is 168 Å². The second kappa shape index (κ2) is 9.99. The van der Waals surface area contributed by atoms with Crippen molar-refractivity contribution < 1.29 is 4.79 Å². The van der Waals surface area contributed by atoms with Gasteiger partial charge in [-0.15, -0.1) is 24.0 Å². The SMILES string of the molecule is CN=C(NCCCC(C)(C)C)NCC1CC(=O)Nc2ccccc21.I. The predicted octanol–water partition coefficient (Wildman–Crippen LogP) is 3.72. The summed E-state index contributed by atoms with van der Waals surface area (Å²) in [7, 11) is 1.78. The lowest BCUT2D eigenvalue weighted by Gasteiger charge is -2.26. The Morgan fingerprint density at radius 3 is 2.68 bits per heavy atom. The van der Waals surface area contributed by atoms with Crippen LogP contribution in [0.15, 0.2) is 29.3 Å². The number of carbonyl (C=O) groups excluding carboxylic acids is 1. The number of rotatable bonds is 5. The number of nitrogens with one attached hydrogen (secondary N) is 3. The Morgan fingerprint density at radius 2 is 2.00 bits per heavy atom. The lowest BCUT2D eigenvalue weighted by molar-refractivity contribution is -0.116. The quantitative estimate of drug-likeness (QED) is 0.273. The van der Waals surface area contributed by atoms with Crippen molar-refractivity contribution in [2.24, 2.45) is 10.4 Å². The number of nitrogens with zero attached hydrogens (tertiary/aromatic N) is 1. The normalized spacial score (nSPS) is 17.2. The smallest absolute Gasteiger partial charge is 0.225 e. The van der Waals surface area contributed by atoms with Crippen molar-refractivity contribution >= 4 is 41.5 Å². The van der Waals surface area contributed by atoms with Crippen molar-refractivity contribution in [3.63, 3.8) is 0 Å². The molecule has 0 saturated heterocycles. The molecule has 5 nitrogen and oxygen atoms in total. The Bertz CT molecular complexity index is 595. The third kappa shape index (κ3) is 7.22. The van der Waals surface area contributed by atoms with Crippen LogP contribution in [0, 0.1) is 5.41 Å². The van der Waals surface area contributed by atoms with E-state index in [1.807, 2.05) is 18.2 Å². The fraction of sp³-hybridized carbons (Fsp3) is 0.579. The molecule has 1 amide bonds. The number of amides is 1. The van der Waals surface area contributed by atoms with Gasteiger partial charge in [-0.05, 0) is 29.9 Å². The van der Waals surface area contributed by atoms with E-state index < -0.39 is 0 Å². The number of anilines is 1. The summed E-state index contributed by atoms with van der Waals surface area (Å²) in [5.41, 5.74) is 2.47. The third-order valence-electron chi connectivity index (χ3n) is 4.24. The standard InChI is InChI=1S/C19H30N4O.HI/c1-19(2,3)10-7-11-21-18(20-4)22-13-14-12-17(24)23-16-9-6-5-8-15(14)16;/h5-6,8-9,14H,7,10-13H2,1-4H3,(H,23,24)(H2,20,21,22);1H. The number of halogens is 1.